The molecule has 0 aliphatic heterocycles. The van der Waals surface area contributed by atoms with Crippen molar-refractivity contribution in [1.29, 1.82) is 0 Å². The first kappa shape index (κ1) is 13.9. The molecule has 0 spiro atoms. The molecule has 1 aromatic heterocycles. The molecule has 1 unspecified atom stereocenters. The third-order valence-electron chi connectivity index (χ3n) is 1.81. The molecule has 0 aliphatic carbocycles. The molecular weight excluding hydrogens is 261 g/mol. The molecule has 0 aliphatic rings. The number of hydrogen-bond acceptors (Lipinski definition) is 4. The second-order valence-electron chi connectivity index (χ2n) is 2.73. The zero-order valence-electron chi connectivity index (χ0n) is 8.34. The Kier molecular flexibility index (Phi) is 5.17. The van der Waals surface area contributed by atoms with Gasteiger partial charge in [0.05, 0.1) is 0 Å². The quantitative estimate of drug-likeness (QED) is 0.529. The van der Waals surface area contributed by atoms with Crippen molar-refractivity contribution in [3.8, 4) is 11.3 Å². The standard InChI is InChI=1S/C9H6ClNO3S.Na/c10-7-8(6-4-2-1-3-5-6)11-14-9(7)15(12)13;/h1-5H,(H,12,13);/q;+1/p-1. The predicted molar refractivity (Wildman–Crippen MR) is 54.1 cm³/mol. The summed E-state index contributed by atoms with van der Waals surface area (Å²) in [5.74, 6) is 0. The van der Waals surface area contributed by atoms with Crippen molar-refractivity contribution >= 4 is 22.7 Å². The number of halogens is 1. The maximum Gasteiger partial charge on any atom is 1.00 e. The third-order valence-corrected chi connectivity index (χ3v) is 2.85. The molecule has 1 heterocycles. The Hall–Kier alpha value is -0.170. The molecule has 4 nitrogen and oxygen atoms in total. The topological polar surface area (TPSA) is 66.2 Å². The van der Waals surface area contributed by atoms with Crippen LogP contribution in [0.25, 0.3) is 11.3 Å². The Morgan fingerprint density at radius 1 is 1.31 bits per heavy atom. The minimum atomic E-state index is -2.50. The van der Waals surface area contributed by atoms with Crippen LogP contribution in [0.4, 0.5) is 0 Å². The molecule has 0 radical (unpaired) electrons. The summed E-state index contributed by atoms with van der Waals surface area (Å²) >= 11 is 3.30. The summed E-state index contributed by atoms with van der Waals surface area (Å²) in [5.41, 5.74) is 1.04. The molecule has 7 heteroatoms. The number of aromatic nitrogens is 1. The fourth-order valence-electron chi connectivity index (χ4n) is 1.14. The van der Waals surface area contributed by atoms with Gasteiger partial charge in [0.25, 0.3) is 0 Å². The van der Waals surface area contributed by atoms with Gasteiger partial charge in [-0.2, -0.15) is 0 Å². The molecule has 0 saturated carbocycles. The van der Waals surface area contributed by atoms with Gasteiger partial charge in [-0.25, -0.2) is 0 Å². The van der Waals surface area contributed by atoms with Gasteiger partial charge in [-0.1, -0.05) is 47.1 Å². The summed E-state index contributed by atoms with van der Waals surface area (Å²) in [6, 6.07) is 8.97. The molecular formula is C9H5ClNNaO3S. The summed E-state index contributed by atoms with van der Waals surface area (Å²) in [6.45, 7) is 0. The van der Waals surface area contributed by atoms with E-state index >= 15 is 0 Å². The fourth-order valence-corrected chi connectivity index (χ4v) is 1.85. The monoisotopic (exact) mass is 265 g/mol. The Morgan fingerprint density at radius 2 is 1.94 bits per heavy atom. The zero-order valence-corrected chi connectivity index (χ0v) is 11.9. The van der Waals surface area contributed by atoms with Crippen LogP contribution in [0.5, 0.6) is 0 Å². The molecule has 2 aromatic rings. The predicted octanol–water partition coefficient (Wildman–Crippen LogP) is -0.763. The normalized spacial score (nSPS) is 11.9. The molecule has 0 fully saturated rings. The molecule has 1 atom stereocenters. The van der Waals surface area contributed by atoms with Gasteiger partial charge in [0.2, 0.25) is 5.09 Å². The summed E-state index contributed by atoms with van der Waals surface area (Å²) < 4.78 is 25.9. The van der Waals surface area contributed by atoms with Crippen LogP contribution in [0.2, 0.25) is 5.02 Å². The van der Waals surface area contributed by atoms with Crippen LogP contribution >= 0.6 is 11.6 Å². The van der Waals surface area contributed by atoms with Gasteiger partial charge in [0.1, 0.15) is 10.7 Å². The SMILES string of the molecule is O=S([O-])c1onc(-c2ccccc2)c1Cl.[Na+]. The van der Waals surface area contributed by atoms with Crippen molar-refractivity contribution in [3.05, 3.63) is 35.4 Å². The minimum Gasteiger partial charge on any atom is -0.766 e. The van der Waals surface area contributed by atoms with Gasteiger partial charge >= 0.3 is 29.6 Å². The first-order valence-electron chi connectivity index (χ1n) is 4.00. The van der Waals surface area contributed by atoms with E-state index in [-0.39, 0.29) is 39.7 Å². The van der Waals surface area contributed by atoms with Crippen LogP contribution in [0, 0.1) is 0 Å². The Bertz CT molecular complexity index is 503. The van der Waals surface area contributed by atoms with Crippen LogP contribution in [0.1, 0.15) is 0 Å². The number of benzene rings is 1. The van der Waals surface area contributed by atoms with E-state index in [9.17, 15) is 8.76 Å². The van der Waals surface area contributed by atoms with E-state index in [0.717, 1.165) is 0 Å². The van der Waals surface area contributed by atoms with E-state index in [1.54, 1.807) is 24.3 Å². The van der Waals surface area contributed by atoms with Crippen molar-refractivity contribution in [2.45, 2.75) is 5.09 Å². The van der Waals surface area contributed by atoms with E-state index < -0.39 is 11.1 Å². The summed E-state index contributed by atoms with van der Waals surface area (Å²) in [7, 11) is 0. The second kappa shape index (κ2) is 5.95. The summed E-state index contributed by atoms with van der Waals surface area (Å²) in [5, 5.41) is 3.28. The molecule has 2 rings (SSSR count). The van der Waals surface area contributed by atoms with Crippen LogP contribution < -0.4 is 29.6 Å². The van der Waals surface area contributed by atoms with Gasteiger partial charge in [-0.05, 0) is 0 Å². The molecule has 1 aromatic carbocycles. The van der Waals surface area contributed by atoms with E-state index in [1.165, 1.54) is 0 Å². The first-order valence-corrected chi connectivity index (χ1v) is 5.45. The van der Waals surface area contributed by atoms with Gasteiger partial charge in [-0.15, -0.1) is 0 Å². The Morgan fingerprint density at radius 3 is 2.44 bits per heavy atom. The van der Waals surface area contributed by atoms with Crippen molar-refractivity contribution in [3.63, 3.8) is 0 Å². The van der Waals surface area contributed by atoms with Crippen LogP contribution in [-0.4, -0.2) is 13.9 Å². The maximum atomic E-state index is 10.6. The summed E-state index contributed by atoms with van der Waals surface area (Å²) in [6.07, 6.45) is 0. The van der Waals surface area contributed by atoms with E-state index in [1.807, 2.05) is 6.07 Å². The van der Waals surface area contributed by atoms with Crippen LogP contribution in [0.15, 0.2) is 39.9 Å². The van der Waals surface area contributed by atoms with Gasteiger partial charge < -0.3 is 9.08 Å². The second-order valence-corrected chi connectivity index (χ2v) is 3.95. The van der Waals surface area contributed by atoms with Gasteiger partial charge in [0.15, 0.2) is 0 Å². The summed E-state index contributed by atoms with van der Waals surface area (Å²) in [4.78, 5) is 0. The van der Waals surface area contributed by atoms with Crippen molar-refractivity contribution in [2.75, 3.05) is 0 Å². The maximum absolute atomic E-state index is 10.6. The number of hydrogen-bond donors (Lipinski definition) is 0. The fraction of sp³-hybridized carbons (Fsp3) is 0. The molecule has 0 bridgehead atoms. The van der Waals surface area contributed by atoms with Gasteiger partial charge in [0, 0.05) is 16.6 Å². The van der Waals surface area contributed by atoms with E-state index in [2.05, 4.69) is 9.68 Å². The third kappa shape index (κ3) is 2.74. The van der Waals surface area contributed by atoms with Crippen molar-refractivity contribution in [1.82, 2.24) is 5.16 Å². The van der Waals surface area contributed by atoms with Crippen LogP contribution in [-0.2, 0) is 11.1 Å². The number of nitrogens with zero attached hydrogens (tertiary/aromatic N) is 1. The van der Waals surface area contributed by atoms with Crippen LogP contribution in [0.3, 0.4) is 0 Å². The Labute approximate surface area is 122 Å². The average molecular weight is 266 g/mol. The van der Waals surface area contributed by atoms with E-state index in [4.69, 9.17) is 11.6 Å². The van der Waals surface area contributed by atoms with Gasteiger partial charge in [-0.3, -0.25) is 4.21 Å². The smallest absolute Gasteiger partial charge is 0.766 e. The first-order chi connectivity index (χ1) is 7.20. The van der Waals surface area contributed by atoms with Crippen molar-refractivity contribution in [2.24, 2.45) is 0 Å². The average Bonchev–Trinajstić information content (AvgIpc) is 2.61. The van der Waals surface area contributed by atoms with Crippen molar-refractivity contribution < 1.29 is 42.8 Å². The minimum absolute atomic E-state index is 0. The molecule has 16 heavy (non-hydrogen) atoms. The van der Waals surface area contributed by atoms with E-state index in [0.29, 0.717) is 11.3 Å². The number of rotatable bonds is 2. The largest absolute Gasteiger partial charge is 1.00 e. The Balaban J connectivity index is 0.00000128. The molecule has 78 valence electrons. The molecule has 0 amide bonds. The molecule has 0 N–H and O–H groups in total. The zero-order chi connectivity index (χ0) is 10.8. The molecule has 0 saturated heterocycles.